The maximum Gasteiger partial charge on any atom is 0.145 e. The number of hydrogen-bond acceptors (Lipinski definition) is 2. The zero-order valence-electron chi connectivity index (χ0n) is 4.71. The first-order valence-corrected chi connectivity index (χ1v) is 3.90. The van der Waals surface area contributed by atoms with E-state index in [4.69, 9.17) is 15.4 Å². The van der Waals surface area contributed by atoms with E-state index in [0.717, 1.165) is 18.0 Å². The van der Waals surface area contributed by atoms with Gasteiger partial charge in [-0.25, -0.2) is 8.23 Å². The van der Waals surface area contributed by atoms with Gasteiger partial charge in [-0.05, 0) is 12.5 Å². The molecule has 0 aromatic rings. The molecule has 1 aliphatic heterocycles. The van der Waals surface area contributed by atoms with Crippen molar-refractivity contribution in [3.8, 4) is 0 Å². The second kappa shape index (κ2) is 3.48. The lowest BCUT2D eigenvalue weighted by molar-refractivity contribution is 0.0838. The minimum Gasteiger partial charge on any atom is -0.232 e. The van der Waals surface area contributed by atoms with Gasteiger partial charge in [-0.3, -0.25) is 0 Å². The Balaban J connectivity index is 2.55. The number of hydrogen-bond donors (Lipinski definition) is 0. The summed E-state index contributed by atoms with van der Waals surface area (Å²) >= 11 is 6.76. The molecule has 0 amide bonds. The van der Waals surface area contributed by atoms with Crippen LogP contribution >= 0.6 is 35.2 Å². The van der Waals surface area contributed by atoms with Crippen LogP contribution in [0, 0.1) is 0 Å². The van der Waals surface area contributed by atoms with Crippen molar-refractivity contribution in [2.75, 3.05) is 6.54 Å². The summed E-state index contributed by atoms with van der Waals surface area (Å²) < 4.78 is 4.91. The highest BCUT2D eigenvalue weighted by molar-refractivity contribution is 14.1. The Morgan fingerprint density at radius 1 is 1.78 bits per heavy atom. The summed E-state index contributed by atoms with van der Waals surface area (Å²) in [7, 11) is 0. The summed E-state index contributed by atoms with van der Waals surface area (Å²) in [6.45, 7) is 0.873. The Hall–Kier alpha value is 0.320. The van der Waals surface area contributed by atoms with Crippen molar-refractivity contribution in [1.29, 1.82) is 0 Å². The molecule has 9 heavy (non-hydrogen) atoms. The molecule has 0 saturated carbocycles. The number of halogens is 1. The van der Waals surface area contributed by atoms with E-state index in [1.165, 1.54) is 0 Å². The van der Waals surface area contributed by atoms with Gasteiger partial charge in [0.25, 0.3) is 0 Å². The maximum absolute atomic E-state index is 4.94. The van der Waals surface area contributed by atoms with Crippen molar-refractivity contribution in [2.24, 2.45) is 0 Å². The molecule has 2 nitrogen and oxygen atoms in total. The van der Waals surface area contributed by atoms with Crippen molar-refractivity contribution in [2.45, 2.75) is 6.42 Å². The maximum atomic E-state index is 4.94. The zero-order valence-corrected chi connectivity index (χ0v) is 7.68. The molecule has 0 aliphatic carbocycles. The van der Waals surface area contributed by atoms with Crippen molar-refractivity contribution >= 4 is 40.2 Å². The van der Waals surface area contributed by atoms with Gasteiger partial charge in [0.2, 0.25) is 0 Å². The summed E-state index contributed by atoms with van der Waals surface area (Å²) in [4.78, 5) is 0.760. The summed E-state index contributed by atoms with van der Waals surface area (Å²) in [5, 5.41) is 1.69. The van der Waals surface area contributed by atoms with Gasteiger partial charge in [-0.1, -0.05) is 18.3 Å². The van der Waals surface area contributed by atoms with Crippen LogP contribution in [0.1, 0.15) is 6.42 Å². The van der Waals surface area contributed by atoms with E-state index in [2.05, 4.69) is 6.08 Å². The third kappa shape index (κ3) is 1.87. The highest BCUT2D eigenvalue weighted by atomic mass is 127. The molecule has 0 unspecified atom stereocenters. The number of thiocarbonyl (C=S) groups is 1. The Bertz CT molecular complexity index is 148. The lowest BCUT2D eigenvalue weighted by atomic mass is 10.3. The van der Waals surface area contributed by atoms with Crippen LogP contribution in [0.3, 0.4) is 0 Å². The topological polar surface area (TPSA) is 12.5 Å². The lowest BCUT2D eigenvalue weighted by Gasteiger charge is -2.20. The van der Waals surface area contributed by atoms with Gasteiger partial charge in [-0.15, -0.1) is 0 Å². The van der Waals surface area contributed by atoms with Gasteiger partial charge in [0.05, 0.1) is 6.54 Å². The molecule has 0 aromatic carbocycles. The molecular weight excluding hydrogens is 249 g/mol. The average Bonchev–Trinajstić information content (AvgIpc) is 1.89. The van der Waals surface area contributed by atoms with E-state index in [1.807, 2.05) is 29.1 Å². The first-order chi connectivity index (χ1) is 4.34. The first-order valence-electron chi connectivity index (χ1n) is 2.61. The largest absolute Gasteiger partial charge is 0.232 e. The molecule has 0 saturated heterocycles. The van der Waals surface area contributed by atoms with E-state index < -0.39 is 0 Å². The molecular formula is C5H6INOS. The van der Waals surface area contributed by atoms with E-state index in [0.29, 0.717) is 0 Å². The predicted octanol–water partition coefficient (Wildman–Crippen LogP) is 1.86. The number of rotatable bonds is 1. The van der Waals surface area contributed by atoms with Crippen molar-refractivity contribution in [3.05, 3.63) is 12.2 Å². The fourth-order valence-corrected chi connectivity index (χ4v) is 1.41. The minimum atomic E-state index is 0.760. The highest BCUT2D eigenvalue weighted by Gasteiger charge is 2.08. The molecule has 0 N–H and O–H groups in total. The molecule has 4 heteroatoms. The van der Waals surface area contributed by atoms with Gasteiger partial charge in [-0.2, -0.15) is 0 Å². The molecule has 0 fully saturated rings. The predicted molar refractivity (Wildman–Crippen MR) is 48.2 cm³/mol. The second-order valence-electron chi connectivity index (χ2n) is 1.70. The Labute approximate surface area is 73.5 Å². The van der Waals surface area contributed by atoms with Crippen molar-refractivity contribution in [3.63, 3.8) is 0 Å². The quantitative estimate of drug-likeness (QED) is 0.524. The average molecular weight is 255 g/mol. The molecule has 0 bridgehead atoms. The lowest BCUT2D eigenvalue weighted by Crippen LogP contribution is -2.28. The van der Waals surface area contributed by atoms with Crippen molar-refractivity contribution in [1.82, 2.24) is 5.06 Å². The van der Waals surface area contributed by atoms with Gasteiger partial charge >= 0.3 is 0 Å². The smallest absolute Gasteiger partial charge is 0.145 e. The summed E-state index contributed by atoms with van der Waals surface area (Å²) in [6.07, 6.45) is 4.95. The van der Waals surface area contributed by atoms with Crippen LogP contribution < -0.4 is 0 Å². The molecule has 1 heterocycles. The molecule has 0 aromatic heterocycles. The van der Waals surface area contributed by atoms with Gasteiger partial charge in [0.15, 0.2) is 0 Å². The summed E-state index contributed by atoms with van der Waals surface area (Å²) in [5.41, 5.74) is 0. The van der Waals surface area contributed by atoms with Crippen molar-refractivity contribution < 1.29 is 3.17 Å². The third-order valence-corrected chi connectivity index (χ3v) is 1.90. The first kappa shape index (κ1) is 7.43. The second-order valence-corrected chi connectivity index (χ2v) is 2.51. The third-order valence-electron chi connectivity index (χ3n) is 1.09. The Morgan fingerprint density at radius 2 is 2.56 bits per heavy atom. The molecule has 0 atom stereocenters. The van der Waals surface area contributed by atoms with E-state index >= 15 is 0 Å². The van der Waals surface area contributed by atoms with Crippen LogP contribution in [-0.4, -0.2) is 16.6 Å². The normalized spacial score (nSPS) is 18.8. The van der Waals surface area contributed by atoms with Gasteiger partial charge in [0.1, 0.15) is 28.0 Å². The van der Waals surface area contributed by atoms with Gasteiger partial charge in [0, 0.05) is 0 Å². The molecule has 1 rings (SSSR count). The zero-order chi connectivity index (χ0) is 6.69. The van der Waals surface area contributed by atoms with Crippen LogP contribution in [-0.2, 0) is 3.17 Å². The van der Waals surface area contributed by atoms with E-state index in [-0.39, 0.29) is 0 Å². The number of nitrogens with zero attached hydrogens (tertiary/aromatic N) is 1. The highest BCUT2D eigenvalue weighted by Crippen LogP contribution is 2.07. The standard InChI is InChI=1S/C5H6INOS/c6-8-7-4-2-1-3-5(7)9/h1,3H,2,4H2. The molecule has 0 spiro atoms. The van der Waals surface area contributed by atoms with Gasteiger partial charge < -0.3 is 0 Å². The molecule has 1 aliphatic rings. The van der Waals surface area contributed by atoms with E-state index in [9.17, 15) is 0 Å². The summed E-state index contributed by atoms with van der Waals surface area (Å²) in [6, 6.07) is 0. The van der Waals surface area contributed by atoms with Crippen LogP contribution in [0.15, 0.2) is 12.2 Å². The van der Waals surface area contributed by atoms with E-state index in [1.54, 1.807) is 5.06 Å². The van der Waals surface area contributed by atoms with Crippen LogP contribution in [0.2, 0.25) is 0 Å². The minimum absolute atomic E-state index is 0.760. The van der Waals surface area contributed by atoms with Crippen LogP contribution in [0.25, 0.3) is 0 Å². The van der Waals surface area contributed by atoms with Crippen LogP contribution in [0.4, 0.5) is 0 Å². The summed E-state index contributed by atoms with van der Waals surface area (Å²) in [5.74, 6) is 0. The fraction of sp³-hybridized carbons (Fsp3) is 0.400. The molecule has 0 radical (unpaired) electrons. The van der Waals surface area contributed by atoms with Crippen LogP contribution in [0.5, 0.6) is 0 Å². The monoisotopic (exact) mass is 255 g/mol. The Kier molecular flexibility index (Phi) is 2.87. The number of hydroxylamine groups is 2. The Morgan fingerprint density at radius 3 is 3.00 bits per heavy atom. The fourth-order valence-electron chi connectivity index (χ4n) is 0.638. The SMILES string of the molecule is S=C1C=CCCN1OI. The molecule has 50 valence electrons.